The molecule has 1 unspecified atom stereocenters. The van der Waals surface area contributed by atoms with Crippen molar-refractivity contribution in [3.8, 4) is 11.4 Å². The lowest BCUT2D eigenvalue weighted by molar-refractivity contribution is 0.374. The number of aryl methyl sites for hydroxylation is 1. The van der Waals surface area contributed by atoms with E-state index in [0.717, 1.165) is 16.6 Å². The standard InChI is InChI=1S/C17H16N6O2/c1-10(20-16-14-11(2)22-25-17(14)19-9-18-16)8-13-21-15(23-24-13)12-6-4-3-5-7-12/h3-7,9-10H,8H2,1-2H3,(H,18,19,20). The molecule has 0 bridgehead atoms. The molecule has 0 saturated heterocycles. The summed E-state index contributed by atoms with van der Waals surface area (Å²) in [6.45, 7) is 3.87. The molecule has 0 saturated carbocycles. The molecule has 126 valence electrons. The van der Waals surface area contributed by atoms with Gasteiger partial charge in [-0.2, -0.15) is 9.97 Å². The van der Waals surface area contributed by atoms with Crippen LogP contribution in [0.5, 0.6) is 0 Å². The maximum atomic E-state index is 5.36. The zero-order valence-corrected chi connectivity index (χ0v) is 13.8. The molecule has 0 radical (unpaired) electrons. The average molecular weight is 336 g/mol. The first-order valence-corrected chi connectivity index (χ1v) is 7.92. The Morgan fingerprint density at radius 2 is 1.92 bits per heavy atom. The number of nitrogens with one attached hydrogen (secondary N) is 1. The van der Waals surface area contributed by atoms with Crippen molar-refractivity contribution in [1.29, 1.82) is 0 Å². The minimum atomic E-state index is 0.0245. The van der Waals surface area contributed by atoms with Crippen molar-refractivity contribution in [2.24, 2.45) is 0 Å². The van der Waals surface area contributed by atoms with E-state index < -0.39 is 0 Å². The van der Waals surface area contributed by atoms with Crippen molar-refractivity contribution in [2.45, 2.75) is 26.3 Å². The van der Waals surface area contributed by atoms with Gasteiger partial charge in [0.05, 0.1) is 5.69 Å². The van der Waals surface area contributed by atoms with Gasteiger partial charge < -0.3 is 14.4 Å². The van der Waals surface area contributed by atoms with E-state index >= 15 is 0 Å². The zero-order valence-electron chi connectivity index (χ0n) is 13.8. The van der Waals surface area contributed by atoms with Crippen LogP contribution in [0.2, 0.25) is 0 Å². The minimum Gasteiger partial charge on any atom is -0.366 e. The first-order chi connectivity index (χ1) is 12.2. The van der Waals surface area contributed by atoms with Gasteiger partial charge in [-0.1, -0.05) is 40.6 Å². The number of rotatable bonds is 5. The Balaban J connectivity index is 1.50. The SMILES string of the molecule is Cc1noc2ncnc(NC(C)Cc3nc(-c4ccccc4)no3)c12. The number of benzene rings is 1. The Hall–Kier alpha value is -3.29. The highest BCUT2D eigenvalue weighted by molar-refractivity contribution is 5.87. The fourth-order valence-corrected chi connectivity index (χ4v) is 2.62. The predicted octanol–water partition coefficient (Wildman–Crippen LogP) is 3.02. The van der Waals surface area contributed by atoms with E-state index in [-0.39, 0.29) is 6.04 Å². The van der Waals surface area contributed by atoms with Crippen molar-refractivity contribution in [2.75, 3.05) is 5.32 Å². The number of nitrogens with zero attached hydrogens (tertiary/aromatic N) is 5. The Bertz CT molecular complexity index is 995. The highest BCUT2D eigenvalue weighted by Gasteiger charge is 2.16. The molecule has 0 amide bonds. The maximum absolute atomic E-state index is 5.36. The molecule has 8 heteroatoms. The number of hydrogen-bond donors (Lipinski definition) is 1. The van der Waals surface area contributed by atoms with E-state index in [2.05, 4.69) is 30.6 Å². The molecule has 1 aromatic carbocycles. The van der Waals surface area contributed by atoms with Gasteiger partial charge in [0.1, 0.15) is 17.5 Å². The normalized spacial score (nSPS) is 12.4. The molecular weight excluding hydrogens is 320 g/mol. The van der Waals surface area contributed by atoms with Gasteiger partial charge in [0.2, 0.25) is 11.7 Å². The molecular formula is C17H16N6O2. The second-order valence-electron chi connectivity index (χ2n) is 5.80. The summed E-state index contributed by atoms with van der Waals surface area (Å²) in [7, 11) is 0. The molecule has 3 aromatic heterocycles. The van der Waals surface area contributed by atoms with Crippen LogP contribution in [-0.2, 0) is 6.42 Å². The second-order valence-corrected chi connectivity index (χ2v) is 5.80. The van der Waals surface area contributed by atoms with Crippen molar-refractivity contribution in [3.05, 3.63) is 48.2 Å². The molecule has 0 spiro atoms. The molecule has 8 nitrogen and oxygen atoms in total. The Morgan fingerprint density at radius 1 is 1.08 bits per heavy atom. The van der Waals surface area contributed by atoms with Gasteiger partial charge in [0.15, 0.2) is 0 Å². The van der Waals surface area contributed by atoms with Crippen molar-refractivity contribution in [1.82, 2.24) is 25.3 Å². The van der Waals surface area contributed by atoms with E-state index in [9.17, 15) is 0 Å². The largest absolute Gasteiger partial charge is 0.366 e. The van der Waals surface area contributed by atoms with Gasteiger partial charge in [-0.15, -0.1) is 0 Å². The van der Waals surface area contributed by atoms with Gasteiger partial charge >= 0.3 is 0 Å². The lowest BCUT2D eigenvalue weighted by atomic mass is 10.2. The summed E-state index contributed by atoms with van der Waals surface area (Å²) in [5.74, 6) is 1.83. The third-order valence-electron chi connectivity index (χ3n) is 3.81. The van der Waals surface area contributed by atoms with Gasteiger partial charge in [-0.25, -0.2) is 4.98 Å². The molecule has 0 aliphatic heterocycles. The van der Waals surface area contributed by atoms with Crippen molar-refractivity contribution < 1.29 is 9.05 Å². The molecule has 0 fully saturated rings. The van der Waals surface area contributed by atoms with E-state index in [0.29, 0.717) is 29.7 Å². The summed E-state index contributed by atoms with van der Waals surface area (Å²) >= 11 is 0. The number of anilines is 1. The quantitative estimate of drug-likeness (QED) is 0.593. The fraction of sp³-hybridized carbons (Fsp3) is 0.235. The summed E-state index contributed by atoms with van der Waals surface area (Å²) < 4.78 is 10.5. The van der Waals surface area contributed by atoms with E-state index in [1.807, 2.05) is 44.2 Å². The monoisotopic (exact) mass is 336 g/mol. The van der Waals surface area contributed by atoms with Crippen LogP contribution in [0, 0.1) is 6.92 Å². The highest BCUT2D eigenvalue weighted by atomic mass is 16.5. The van der Waals surface area contributed by atoms with Crippen LogP contribution in [0.15, 0.2) is 45.7 Å². The van der Waals surface area contributed by atoms with Crippen LogP contribution in [0.3, 0.4) is 0 Å². The second kappa shape index (κ2) is 6.31. The Kier molecular flexibility index (Phi) is 3.85. The molecule has 1 N–H and O–H groups in total. The van der Waals surface area contributed by atoms with Crippen LogP contribution in [0.25, 0.3) is 22.5 Å². The lowest BCUT2D eigenvalue weighted by Crippen LogP contribution is -2.19. The molecule has 25 heavy (non-hydrogen) atoms. The first-order valence-electron chi connectivity index (χ1n) is 7.92. The van der Waals surface area contributed by atoms with E-state index in [1.165, 1.54) is 6.33 Å². The van der Waals surface area contributed by atoms with Crippen LogP contribution < -0.4 is 5.32 Å². The Morgan fingerprint density at radius 3 is 2.76 bits per heavy atom. The summed E-state index contributed by atoms with van der Waals surface area (Å²) in [6, 6.07) is 9.75. The number of fused-ring (bicyclic) bond motifs is 1. The molecule has 0 aliphatic carbocycles. The average Bonchev–Trinajstić information content (AvgIpc) is 3.23. The first kappa shape index (κ1) is 15.3. The van der Waals surface area contributed by atoms with Crippen molar-refractivity contribution in [3.63, 3.8) is 0 Å². The van der Waals surface area contributed by atoms with Crippen LogP contribution >= 0.6 is 0 Å². The maximum Gasteiger partial charge on any atom is 0.263 e. The third-order valence-corrected chi connectivity index (χ3v) is 3.81. The molecule has 1 atom stereocenters. The summed E-state index contributed by atoms with van der Waals surface area (Å²) in [4.78, 5) is 12.8. The number of aromatic nitrogens is 5. The molecule has 0 aliphatic rings. The molecule has 4 rings (SSSR count). The summed E-state index contributed by atoms with van der Waals surface area (Å²) in [5.41, 5.74) is 2.14. The van der Waals surface area contributed by atoms with Crippen LogP contribution in [-0.4, -0.2) is 31.3 Å². The summed E-state index contributed by atoms with van der Waals surface area (Å²) in [6.07, 6.45) is 2.01. The van der Waals surface area contributed by atoms with Gasteiger partial charge in [-0.3, -0.25) is 0 Å². The zero-order chi connectivity index (χ0) is 17.2. The third kappa shape index (κ3) is 3.06. The minimum absolute atomic E-state index is 0.0245. The molecule has 4 aromatic rings. The molecule has 3 heterocycles. The van der Waals surface area contributed by atoms with Gasteiger partial charge in [0, 0.05) is 18.0 Å². The van der Waals surface area contributed by atoms with Crippen LogP contribution in [0.4, 0.5) is 5.82 Å². The lowest BCUT2D eigenvalue weighted by Gasteiger charge is -2.12. The van der Waals surface area contributed by atoms with E-state index in [4.69, 9.17) is 9.05 Å². The fourth-order valence-electron chi connectivity index (χ4n) is 2.62. The smallest absolute Gasteiger partial charge is 0.263 e. The van der Waals surface area contributed by atoms with Crippen LogP contribution in [0.1, 0.15) is 18.5 Å². The van der Waals surface area contributed by atoms with Gasteiger partial charge in [0.25, 0.3) is 5.71 Å². The number of hydrogen-bond acceptors (Lipinski definition) is 8. The topological polar surface area (TPSA) is 103 Å². The highest BCUT2D eigenvalue weighted by Crippen LogP contribution is 2.23. The predicted molar refractivity (Wildman–Crippen MR) is 90.9 cm³/mol. The van der Waals surface area contributed by atoms with Gasteiger partial charge in [-0.05, 0) is 13.8 Å². The van der Waals surface area contributed by atoms with E-state index in [1.54, 1.807) is 0 Å². The Labute approximate surface area is 143 Å². The van der Waals surface area contributed by atoms with Crippen molar-refractivity contribution >= 4 is 16.9 Å². The summed E-state index contributed by atoms with van der Waals surface area (Å²) in [5, 5.41) is 12.1.